The molecule has 6 heteroatoms. The topological polar surface area (TPSA) is 71.8 Å². The molecule has 114 valence electrons. The van der Waals surface area contributed by atoms with Gasteiger partial charge < -0.3 is 10.6 Å². The molecule has 0 saturated carbocycles. The number of hydrogen-bond donors (Lipinski definition) is 2. The van der Waals surface area contributed by atoms with E-state index in [0.29, 0.717) is 12.5 Å². The van der Waals surface area contributed by atoms with Crippen LogP contribution in [0.4, 0.5) is 0 Å². The van der Waals surface area contributed by atoms with Crippen molar-refractivity contribution in [2.45, 2.75) is 59.7 Å². The van der Waals surface area contributed by atoms with E-state index in [1.807, 2.05) is 13.1 Å². The van der Waals surface area contributed by atoms with Crippen LogP contribution in [0.5, 0.6) is 0 Å². The van der Waals surface area contributed by atoms with Gasteiger partial charge in [0, 0.05) is 12.6 Å². The van der Waals surface area contributed by atoms with Crippen molar-refractivity contribution in [1.29, 1.82) is 0 Å². The average molecular weight is 281 g/mol. The van der Waals surface area contributed by atoms with Crippen LogP contribution in [0.3, 0.4) is 0 Å². The number of nitrogens with one attached hydrogen (secondary N) is 2. The van der Waals surface area contributed by atoms with E-state index in [4.69, 9.17) is 0 Å². The Morgan fingerprint density at radius 2 is 2.15 bits per heavy atom. The van der Waals surface area contributed by atoms with E-state index < -0.39 is 0 Å². The van der Waals surface area contributed by atoms with Crippen molar-refractivity contribution < 1.29 is 4.79 Å². The van der Waals surface area contributed by atoms with Gasteiger partial charge in [-0.1, -0.05) is 32.4 Å². The minimum atomic E-state index is -0.0162. The SMILES string of the molecule is CCCC(C)NC(=O)Cn1cc(CNCC(C)C)nn1. The van der Waals surface area contributed by atoms with E-state index in [1.54, 1.807) is 4.68 Å². The van der Waals surface area contributed by atoms with E-state index in [2.05, 4.69) is 41.7 Å². The first-order valence-electron chi connectivity index (χ1n) is 7.40. The van der Waals surface area contributed by atoms with Crippen molar-refractivity contribution in [2.24, 2.45) is 5.92 Å². The van der Waals surface area contributed by atoms with Crippen LogP contribution in [-0.4, -0.2) is 33.5 Å². The predicted molar refractivity (Wildman–Crippen MR) is 79.1 cm³/mol. The maximum absolute atomic E-state index is 11.8. The first-order valence-corrected chi connectivity index (χ1v) is 7.40. The zero-order valence-electron chi connectivity index (χ0n) is 13.0. The van der Waals surface area contributed by atoms with Gasteiger partial charge in [-0.15, -0.1) is 5.10 Å². The lowest BCUT2D eigenvalue weighted by atomic mass is 10.2. The zero-order valence-corrected chi connectivity index (χ0v) is 13.0. The fourth-order valence-corrected chi connectivity index (χ4v) is 1.96. The van der Waals surface area contributed by atoms with E-state index in [0.717, 1.165) is 25.1 Å². The molecule has 0 radical (unpaired) electrons. The smallest absolute Gasteiger partial charge is 0.242 e. The molecule has 0 aliphatic rings. The maximum Gasteiger partial charge on any atom is 0.242 e. The summed E-state index contributed by atoms with van der Waals surface area (Å²) in [5, 5.41) is 14.3. The highest BCUT2D eigenvalue weighted by atomic mass is 16.2. The maximum atomic E-state index is 11.8. The normalized spacial score (nSPS) is 12.7. The standard InChI is InChI=1S/C14H27N5O/c1-5-6-12(4)16-14(20)10-19-9-13(17-18-19)8-15-7-11(2)3/h9,11-12,15H,5-8,10H2,1-4H3,(H,16,20). The minimum Gasteiger partial charge on any atom is -0.352 e. The molecule has 1 aromatic rings. The van der Waals surface area contributed by atoms with Gasteiger partial charge in [-0.05, 0) is 25.8 Å². The first kappa shape index (κ1) is 16.6. The molecule has 0 aliphatic heterocycles. The molecule has 1 unspecified atom stereocenters. The minimum absolute atomic E-state index is 0.0162. The second kappa shape index (κ2) is 8.68. The molecule has 1 atom stereocenters. The van der Waals surface area contributed by atoms with Gasteiger partial charge in [-0.2, -0.15) is 0 Å². The Labute approximate surface area is 121 Å². The van der Waals surface area contributed by atoms with Crippen molar-refractivity contribution in [3.05, 3.63) is 11.9 Å². The molecule has 2 N–H and O–H groups in total. The van der Waals surface area contributed by atoms with Crippen LogP contribution in [0.15, 0.2) is 6.20 Å². The van der Waals surface area contributed by atoms with Gasteiger partial charge in [0.1, 0.15) is 6.54 Å². The fourth-order valence-electron chi connectivity index (χ4n) is 1.96. The van der Waals surface area contributed by atoms with Crippen LogP contribution >= 0.6 is 0 Å². The van der Waals surface area contributed by atoms with Crippen LogP contribution < -0.4 is 10.6 Å². The lowest BCUT2D eigenvalue weighted by Crippen LogP contribution is -2.35. The molecular weight excluding hydrogens is 254 g/mol. The van der Waals surface area contributed by atoms with Crippen molar-refractivity contribution >= 4 is 5.91 Å². The molecule has 0 bridgehead atoms. The van der Waals surface area contributed by atoms with Gasteiger partial charge in [0.25, 0.3) is 0 Å². The summed E-state index contributed by atoms with van der Waals surface area (Å²) in [5.74, 6) is 0.591. The van der Waals surface area contributed by atoms with Crippen molar-refractivity contribution in [1.82, 2.24) is 25.6 Å². The lowest BCUT2D eigenvalue weighted by Gasteiger charge is -2.12. The summed E-state index contributed by atoms with van der Waals surface area (Å²) in [6, 6.07) is 0.211. The first-order chi connectivity index (χ1) is 9.51. The van der Waals surface area contributed by atoms with Gasteiger partial charge in [0.05, 0.1) is 11.9 Å². The predicted octanol–water partition coefficient (Wildman–Crippen LogP) is 1.33. The second-order valence-electron chi connectivity index (χ2n) is 5.69. The number of amides is 1. The molecular formula is C14H27N5O. The monoisotopic (exact) mass is 281 g/mol. The Morgan fingerprint density at radius 1 is 1.40 bits per heavy atom. The number of carbonyl (C=O) groups is 1. The zero-order chi connectivity index (χ0) is 15.0. The van der Waals surface area contributed by atoms with Gasteiger partial charge >= 0.3 is 0 Å². The molecule has 1 aromatic heterocycles. The highest BCUT2D eigenvalue weighted by Gasteiger charge is 2.09. The Hall–Kier alpha value is -1.43. The van der Waals surface area contributed by atoms with Crippen LogP contribution in [0, 0.1) is 5.92 Å². The van der Waals surface area contributed by atoms with Gasteiger partial charge in [-0.3, -0.25) is 4.79 Å². The number of aromatic nitrogens is 3. The number of carbonyl (C=O) groups excluding carboxylic acids is 1. The molecule has 0 saturated heterocycles. The third-order valence-corrected chi connectivity index (χ3v) is 2.88. The fraction of sp³-hybridized carbons (Fsp3) is 0.786. The Bertz CT molecular complexity index is 402. The van der Waals surface area contributed by atoms with E-state index in [9.17, 15) is 4.79 Å². The number of nitrogens with zero attached hydrogens (tertiary/aromatic N) is 3. The second-order valence-corrected chi connectivity index (χ2v) is 5.69. The van der Waals surface area contributed by atoms with Crippen LogP contribution in [-0.2, 0) is 17.9 Å². The highest BCUT2D eigenvalue weighted by Crippen LogP contribution is 1.97. The largest absolute Gasteiger partial charge is 0.352 e. The van der Waals surface area contributed by atoms with E-state index in [-0.39, 0.29) is 18.5 Å². The summed E-state index contributed by atoms with van der Waals surface area (Å²) in [5.41, 5.74) is 0.861. The summed E-state index contributed by atoms with van der Waals surface area (Å²) in [6.07, 6.45) is 3.88. The highest BCUT2D eigenvalue weighted by molar-refractivity contribution is 5.75. The summed E-state index contributed by atoms with van der Waals surface area (Å²) < 4.78 is 1.58. The van der Waals surface area contributed by atoms with E-state index >= 15 is 0 Å². The van der Waals surface area contributed by atoms with Crippen LogP contribution in [0.2, 0.25) is 0 Å². The molecule has 1 amide bonds. The summed E-state index contributed by atoms with van der Waals surface area (Å²) in [4.78, 5) is 11.8. The van der Waals surface area contributed by atoms with Crippen molar-refractivity contribution in [3.63, 3.8) is 0 Å². The quantitative estimate of drug-likeness (QED) is 0.716. The van der Waals surface area contributed by atoms with Gasteiger partial charge in [-0.25, -0.2) is 4.68 Å². The van der Waals surface area contributed by atoms with Crippen LogP contribution in [0.1, 0.15) is 46.2 Å². The Morgan fingerprint density at radius 3 is 2.80 bits per heavy atom. The average Bonchev–Trinajstić information content (AvgIpc) is 2.76. The molecule has 0 aliphatic carbocycles. The lowest BCUT2D eigenvalue weighted by molar-refractivity contribution is -0.122. The third-order valence-electron chi connectivity index (χ3n) is 2.88. The Balaban J connectivity index is 2.34. The summed E-state index contributed by atoms with van der Waals surface area (Å²) >= 11 is 0. The molecule has 20 heavy (non-hydrogen) atoms. The number of rotatable bonds is 9. The summed E-state index contributed by atoms with van der Waals surface area (Å²) in [6.45, 7) is 10.3. The van der Waals surface area contributed by atoms with Gasteiger partial charge in [0.2, 0.25) is 5.91 Å². The summed E-state index contributed by atoms with van der Waals surface area (Å²) in [7, 11) is 0. The number of hydrogen-bond acceptors (Lipinski definition) is 4. The van der Waals surface area contributed by atoms with Gasteiger partial charge in [0.15, 0.2) is 0 Å². The molecule has 0 fully saturated rings. The molecule has 1 heterocycles. The van der Waals surface area contributed by atoms with Crippen molar-refractivity contribution in [2.75, 3.05) is 6.54 Å². The molecule has 0 spiro atoms. The molecule has 1 rings (SSSR count). The molecule has 0 aromatic carbocycles. The molecule has 6 nitrogen and oxygen atoms in total. The Kier molecular flexibility index (Phi) is 7.22. The third kappa shape index (κ3) is 6.65. The van der Waals surface area contributed by atoms with Crippen molar-refractivity contribution in [3.8, 4) is 0 Å². The van der Waals surface area contributed by atoms with E-state index in [1.165, 1.54) is 0 Å². The van der Waals surface area contributed by atoms with Crippen LogP contribution in [0.25, 0.3) is 0 Å².